The number of hydrogen-bond donors (Lipinski definition) is 1. The maximum atomic E-state index is 6.12. The highest BCUT2D eigenvalue weighted by molar-refractivity contribution is 9.10. The van der Waals surface area contributed by atoms with E-state index in [4.69, 9.17) is 16.3 Å². The molecule has 1 saturated carbocycles. The summed E-state index contributed by atoms with van der Waals surface area (Å²) in [6.45, 7) is 2.12. The molecule has 1 aromatic rings. The van der Waals surface area contributed by atoms with Gasteiger partial charge in [-0.25, -0.2) is 0 Å². The smallest absolute Gasteiger partial charge is 0.138 e. The van der Waals surface area contributed by atoms with Crippen molar-refractivity contribution in [1.29, 1.82) is 0 Å². The van der Waals surface area contributed by atoms with E-state index < -0.39 is 0 Å². The number of benzene rings is 1. The Morgan fingerprint density at radius 3 is 2.88 bits per heavy atom. The van der Waals surface area contributed by atoms with E-state index in [1.807, 2.05) is 12.1 Å². The summed E-state index contributed by atoms with van der Waals surface area (Å²) >= 11 is 9.65. The van der Waals surface area contributed by atoms with Crippen molar-refractivity contribution in [3.8, 4) is 5.75 Å². The Bertz CT molecular complexity index is 447. The van der Waals surface area contributed by atoms with Crippen LogP contribution in [0.3, 0.4) is 0 Å². The minimum Gasteiger partial charge on any atom is -0.489 e. The van der Waals surface area contributed by atoms with Gasteiger partial charge in [-0.2, -0.15) is 0 Å². The van der Waals surface area contributed by atoms with Gasteiger partial charge in [0.1, 0.15) is 5.75 Å². The minimum atomic E-state index is 0.247. The van der Waals surface area contributed by atoms with Gasteiger partial charge in [0.2, 0.25) is 0 Å². The summed E-state index contributed by atoms with van der Waals surface area (Å²) < 4.78 is 6.86. The number of rotatable bonds is 2. The van der Waals surface area contributed by atoms with E-state index in [1.54, 1.807) is 0 Å². The molecule has 0 amide bonds. The maximum absolute atomic E-state index is 6.12. The maximum Gasteiger partial charge on any atom is 0.138 e. The normalized spacial score (nSPS) is 27.5. The Kier molecular flexibility index (Phi) is 3.09. The van der Waals surface area contributed by atoms with Crippen LogP contribution in [0.5, 0.6) is 5.75 Å². The number of hydrogen-bond acceptors (Lipinski definition) is 2. The molecule has 92 valence electrons. The van der Waals surface area contributed by atoms with Crippen molar-refractivity contribution < 1.29 is 4.74 Å². The molecule has 2 nitrogen and oxygen atoms in total. The van der Waals surface area contributed by atoms with Crippen LogP contribution in [-0.4, -0.2) is 12.1 Å². The van der Waals surface area contributed by atoms with Crippen LogP contribution in [0.25, 0.3) is 0 Å². The zero-order valence-corrected chi connectivity index (χ0v) is 12.0. The lowest BCUT2D eigenvalue weighted by Gasteiger charge is -2.32. The van der Waals surface area contributed by atoms with Gasteiger partial charge in [0.05, 0.1) is 10.6 Å². The van der Waals surface area contributed by atoms with Crippen LogP contribution in [0.1, 0.15) is 37.8 Å². The Morgan fingerprint density at radius 1 is 1.41 bits per heavy atom. The summed E-state index contributed by atoms with van der Waals surface area (Å²) in [6, 6.07) is 4.98. The molecule has 4 heteroatoms. The minimum absolute atomic E-state index is 0.247. The molecule has 1 aliphatic carbocycles. The topological polar surface area (TPSA) is 21.3 Å². The van der Waals surface area contributed by atoms with Crippen molar-refractivity contribution in [2.75, 3.05) is 0 Å². The first kappa shape index (κ1) is 11.8. The highest BCUT2D eigenvalue weighted by Crippen LogP contribution is 2.42. The molecule has 0 radical (unpaired) electrons. The van der Waals surface area contributed by atoms with Crippen LogP contribution in [0.2, 0.25) is 5.02 Å². The van der Waals surface area contributed by atoms with E-state index in [0.717, 1.165) is 21.7 Å². The Labute approximate surface area is 115 Å². The second kappa shape index (κ2) is 4.45. The van der Waals surface area contributed by atoms with Crippen molar-refractivity contribution in [3.63, 3.8) is 0 Å². The molecule has 2 atom stereocenters. The van der Waals surface area contributed by atoms with E-state index in [2.05, 4.69) is 28.2 Å². The van der Waals surface area contributed by atoms with Crippen LogP contribution in [0.15, 0.2) is 16.6 Å². The summed E-state index contributed by atoms with van der Waals surface area (Å²) in [4.78, 5) is 0. The average Bonchev–Trinajstić information content (AvgIpc) is 3.04. The molecule has 1 heterocycles. The summed E-state index contributed by atoms with van der Waals surface area (Å²) in [5.41, 5.74) is 1.19. The van der Waals surface area contributed by atoms with Crippen LogP contribution < -0.4 is 10.1 Å². The summed E-state index contributed by atoms with van der Waals surface area (Å²) in [5, 5.41) is 4.43. The molecule has 0 saturated heterocycles. The van der Waals surface area contributed by atoms with Crippen LogP contribution in [-0.2, 0) is 0 Å². The molecular weight excluding hydrogens is 302 g/mol. The molecule has 17 heavy (non-hydrogen) atoms. The lowest BCUT2D eigenvalue weighted by molar-refractivity contribution is 0.164. The number of ether oxygens (including phenoxy) is 1. The van der Waals surface area contributed by atoms with Crippen LogP contribution >= 0.6 is 27.5 Å². The summed E-state index contributed by atoms with van der Waals surface area (Å²) in [6.07, 6.45) is 3.85. The first-order valence-electron chi connectivity index (χ1n) is 6.05. The highest BCUT2D eigenvalue weighted by atomic mass is 79.9. The third-order valence-corrected chi connectivity index (χ3v) is 4.12. The molecule has 2 unspecified atom stereocenters. The lowest BCUT2D eigenvalue weighted by atomic mass is 9.97. The lowest BCUT2D eigenvalue weighted by Crippen LogP contribution is -2.32. The van der Waals surface area contributed by atoms with Crippen LogP contribution in [0, 0.1) is 0 Å². The zero-order chi connectivity index (χ0) is 12.0. The predicted molar refractivity (Wildman–Crippen MR) is 72.8 cm³/mol. The molecule has 0 aromatic heterocycles. The van der Waals surface area contributed by atoms with E-state index in [0.29, 0.717) is 12.1 Å². The quantitative estimate of drug-likeness (QED) is 0.888. The van der Waals surface area contributed by atoms with Gasteiger partial charge in [-0.15, -0.1) is 0 Å². The number of halogens is 2. The van der Waals surface area contributed by atoms with Gasteiger partial charge >= 0.3 is 0 Å². The van der Waals surface area contributed by atoms with Crippen molar-refractivity contribution in [3.05, 3.63) is 27.2 Å². The first-order chi connectivity index (χ1) is 8.13. The second-order valence-electron chi connectivity index (χ2n) is 4.96. The Morgan fingerprint density at radius 2 is 2.18 bits per heavy atom. The highest BCUT2D eigenvalue weighted by Gasteiger charge is 2.32. The van der Waals surface area contributed by atoms with E-state index in [-0.39, 0.29) is 6.10 Å². The van der Waals surface area contributed by atoms with Crippen molar-refractivity contribution in [1.82, 2.24) is 5.32 Å². The predicted octanol–water partition coefficient (Wildman–Crippen LogP) is 4.07. The Balaban J connectivity index is 1.97. The summed E-state index contributed by atoms with van der Waals surface area (Å²) in [7, 11) is 0. The fourth-order valence-corrected chi connectivity index (χ4v) is 3.29. The van der Waals surface area contributed by atoms with Crippen LogP contribution in [0.4, 0.5) is 0 Å². The van der Waals surface area contributed by atoms with E-state index in [9.17, 15) is 0 Å². The molecule has 1 aliphatic heterocycles. The van der Waals surface area contributed by atoms with Gasteiger partial charge in [-0.05, 0) is 47.8 Å². The zero-order valence-electron chi connectivity index (χ0n) is 9.67. The molecule has 0 spiro atoms. The van der Waals surface area contributed by atoms with Gasteiger partial charge in [0, 0.05) is 29.1 Å². The van der Waals surface area contributed by atoms with Gasteiger partial charge in [-0.3, -0.25) is 0 Å². The molecule has 2 aliphatic rings. The Hall–Kier alpha value is -0.250. The van der Waals surface area contributed by atoms with Gasteiger partial charge < -0.3 is 10.1 Å². The van der Waals surface area contributed by atoms with Gasteiger partial charge in [0.25, 0.3) is 0 Å². The second-order valence-corrected chi connectivity index (χ2v) is 6.25. The number of nitrogens with one attached hydrogen (secondary N) is 1. The fourth-order valence-electron chi connectivity index (χ4n) is 2.36. The van der Waals surface area contributed by atoms with Crippen molar-refractivity contribution >= 4 is 27.5 Å². The third kappa shape index (κ3) is 2.47. The third-order valence-electron chi connectivity index (χ3n) is 3.31. The number of fused-ring (bicyclic) bond motifs is 1. The molecule has 1 fully saturated rings. The fraction of sp³-hybridized carbons (Fsp3) is 0.538. The summed E-state index contributed by atoms with van der Waals surface area (Å²) in [5.74, 6) is 0.950. The SMILES string of the molecule is CC1CC(NC2CC2)c2cc(Cl)cc(Br)c2O1. The molecule has 3 rings (SSSR count). The van der Waals surface area contributed by atoms with E-state index >= 15 is 0 Å². The molecule has 1 aromatic carbocycles. The van der Waals surface area contributed by atoms with Crippen molar-refractivity contribution in [2.24, 2.45) is 0 Å². The molecule has 0 bridgehead atoms. The van der Waals surface area contributed by atoms with Gasteiger partial charge in [-0.1, -0.05) is 11.6 Å². The largest absolute Gasteiger partial charge is 0.489 e. The molecular formula is C13H15BrClNO. The molecule has 1 N–H and O–H groups in total. The average molecular weight is 317 g/mol. The van der Waals surface area contributed by atoms with Crippen molar-refractivity contribution in [2.45, 2.75) is 44.4 Å². The van der Waals surface area contributed by atoms with E-state index in [1.165, 1.54) is 18.4 Å². The standard InChI is InChI=1S/C13H15BrClNO/c1-7-4-12(16-9-2-3-9)10-5-8(15)6-11(14)13(10)17-7/h5-7,9,12,16H,2-4H2,1H3. The monoisotopic (exact) mass is 315 g/mol. The first-order valence-corrected chi connectivity index (χ1v) is 7.22. The van der Waals surface area contributed by atoms with Gasteiger partial charge in [0.15, 0.2) is 0 Å².